The van der Waals surface area contributed by atoms with Gasteiger partial charge in [0.25, 0.3) is 0 Å². The molecule has 1 heterocycles. The van der Waals surface area contributed by atoms with Crippen LogP contribution in [0, 0.1) is 5.41 Å². The highest BCUT2D eigenvalue weighted by atomic mass is 16.5. The fourth-order valence-electron chi connectivity index (χ4n) is 1.58. The Bertz CT molecular complexity index is 210. The van der Waals surface area contributed by atoms with E-state index in [2.05, 4.69) is 5.32 Å². The van der Waals surface area contributed by atoms with Crippen molar-refractivity contribution in [3.63, 3.8) is 0 Å². The van der Waals surface area contributed by atoms with E-state index < -0.39 is 11.4 Å². The molecule has 1 atom stereocenters. The first kappa shape index (κ1) is 12.5. The SMILES string of the molecule is CC(C)(CCNCC1CCCO1)C(=O)O. The smallest absolute Gasteiger partial charge is 0.309 e. The van der Waals surface area contributed by atoms with E-state index in [1.54, 1.807) is 13.8 Å². The summed E-state index contributed by atoms with van der Waals surface area (Å²) in [7, 11) is 0. The highest BCUT2D eigenvalue weighted by Crippen LogP contribution is 2.19. The van der Waals surface area contributed by atoms with Crippen molar-refractivity contribution in [1.29, 1.82) is 0 Å². The Balaban J connectivity index is 2.08. The normalized spacial score (nSPS) is 21.9. The molecule has 0 bridgehead atoms. The molecule has 0 radical (unpaired) electrons. The van der Waals surface area contributed by atoms with E-state index in [-0.39, 0.29) is 0 Å². The Kier molecular flexibility index (Phi) is 4.54. The van der Waals surface area contributed by atoms with Gasteiger partial charge in [-0.2, -0.15) is 0 Å². The molecule has 1 aliphatic heterocycles. The van der Waals surface area contributed by atoms with Crippen LogP contribution in [0.4, 0.5) is 0 Å². The topological polar surface area (TPSA) is 58.6 Å². The number of rotatable bonds is 6. The molecule has 88 valence electrons. The van der Waals surface area contributed by atoms with Crippen molar-refractivity contribution in [2.45, 2.75) is 39.2 Å². The maximum absolute atomic E-state index is 10.8. The first-order chi connectivity index (χ1) is 7.02. The second-order valence-corrected chi connectivity index (χ2v) is 4.78. The van der Waals surface area contributed by atoms with Gasteiger partial charge in [0.05, 0.1) is 11.5 Å². The number of hydrogen-bond acceptors (Lipinski definition) is 3. The largest absolute Gasteiger partial charge is 0.481 e. The van der Waals surface area contributed by atoms with E-state index in [0.29, 0.717) is 12.5 Å². The van der Waals surface area contributed by atoms with Crippen LogP contribution in [-0.2, 0) is 9.53 Å². The van der Waals surface area contributed by atoms with Gasteiger partial charge in [0.15, 0.2) is 0 Å². The van der Waals surface area contributed by atoms with Gasteiger partial charge < -0.3 is 15.2 Å². The molecule has 0 aromatic carbocycles. The molecule has 0 aromatic rings. The second kappa shape index (κ2) is 5.47. The van der Waals surface area contributed by atoms with Crippen molar-refractivity contribution in [3.8, 4) is 0 Å². The van der Waals surface area contributed by atoms with Gasteiger partial charge in [-0.25, -0.2) is 0 Å². The van der Waals surface area contributed by atoms with Crippen molar-refractivity contribution >= 4 is 5.97 Å². The van der Waals surface area contributed by atoms with Gasteiger partial charge in [0.1, 0.15) is 0 Å². The molecule has 4 nitrogen and oxygen atoms in total. The average molecular weight is 215 g/mol. The van der Waals surface area contributed by atoms with Gasteiger partial charge in [-0.1, -0.05) is 0 Å². The van der Waals surface area contributed by atoms with E-state index in [1.165, 1.54) is 0 Å². The Morgan fingerprint density at radius 3 is 2.87 bits per heavy atom. The maximum atomic E-state index is 10.8. The summed E-state index contributed by atoms with van der Waals surface area (Å²) in [6.07, 6.45) is 3.25. The van der Waals surface area contributed by atoms with Gasteiger partial charge in [0.2, 0.25) is 0 Å². The first-order valence-electron chi connectivity index (χ1n) is 5.58. The number of carboxylic acids is 1. The minimum Gasteiger partial charge on any atom is -0.481 e. The molecule has 1 saturated heterocycles. The fourth-order valence-corrected chi connectivity index (χ4v) is 1.58. The molecule has 0 aromatic heterocycles. The first-order valence-corrected chi connectivity index (χ1v) is 5.58. The molecule has 1 unspecified atom stereocenters. The summed E-state index contributed by atoms with van der Waals surface area (Å²) >= 11 is 0. The van der Waals surface area contributed by atoms with Crippen molar-refractivity contribution in [1.82, 2.24) is 5.32 Å². The summed E-state index contributed by atoms with van der Waals surface area (Å²) < 4.78 is 5.45. The maximum Gasteiger partial charge on any atom is 0.309 e. The number of carbonyl (C=O) groups is 1. The third-order valence-corrected chi connectivity index (χ3v) is 2.90. The molecule has 0 amide bonds. The molecule has 2 N–H and O–H groups in total. The molecular weight excluding hydrogens is 194 g/mol. The van der Waals surface area contributed by atoms with Crippen molar-refractivity contribution in [2.24, 2.45) is 5.41 Å². The van der Waals surface area contributed by atoms with Crippen LogP contribution in [0.25, 0.3) is 0 Å². The Morgan fingerprint density at radius 1 is 1.60 bits per heavy atom. The molecule has 1 aliphatic rings. The van der Waals surface area contributed by atoms with Crippen LogP contribution in [0.2, 0.25) is 0 Å². The summed E-state index contributed by atoms with van der Waals surface area (Å²) in [6, 6.07) is 0. The third kappa shape index (κ3) is 4.18. The third-order valence-electron chi connectivity index (χ3n) is 2.90. The predicted molar refractivity (Wildman–Crippen MR) is 57.9 cm³/mol. The lowest BCUT2D eigenvalue weighted by Gasteiger charge is -2.19. The highest BCUT2D eigenvalue weighted by molar-refractivity contribution is 5.73. The quantitative estimate of drug-likeness (QED) is 0.655. The molecule has 1 fully saturated rings. The lowest BCUT2D eigenvalue weighted by Crippen LogP contribution is -2.32. The summed E-state index contributed by atoms with van der Waals surface area (Å²) in [5.74, 6) is -0.735. The highest BCUT2D eigenvalue weighted by Gasteiger charge is 2.26. The van der Waals surface area contributed by atoms with E-state index in [1.807, 2.05) is 0 Å². The Hall–Kier alpha value is -0.610. The lowest BCUT2D eigenvalue weighted by atomic mass is 9.90. The summed E-state index contributed by atoms with van der Waals surface area (Å²) in [5, 5.41) is 12.1. The molecule has 4 heteroatoms. The zero-order valence-corrected chi connectivity index (χ0v) is 9.58. The molecule has 0 saturated carbocycles. The van der Waals surface area contributed by atoms with Crippen LogP contribution in [-0.4, -0.2) is 36.9 Å². The standard InChI is InChI=1S/C11H21NO3/c1-11(2,10(13)14)5-6-12-8-9-4-3-7-15-9/h9,12H,3-8H2,1-2H3,(H,13,14). The predicted octanol–water partition coefficient (Wildman–Crippen LogP) is 1.26. The van der Waals surface area contributed by atoms with Gasteiger partial charge in [-0.3, -0.25) is 4.79 Å². The van der Waals surface area contributed by atoms with Crippen LogP contribution in [0.1, 0.15) is 33.1 Å². The summed E-state index contributed by atoms with van der Waals surface area (Å²) in [5.41, 5.74) is -0.635. The van der Waals surface area contributed by atoms with Crippen LogP contribution < -0.4 is 5.32 Å². The molecular formula is C11H21NO3. The van der Waals surface area contributed by atoms with Gasteiger partial charge in [-0.05, 0) is 39.7 Å². The van der Waals surface area contributed by atoms with Crippen LogP contribution in [0.15, 0.2) is 0 Å². The second-order valence-electron chi connectivity index (χ2n) is 4.78. The van der Waals surface area contributed by atoms with E-state index in [9.17, 15) is 4.79 Å². The number of nitrogens with one attached hydrogen (secondary N) is 1. The van der Waals surface area contributed by atoms with Crippen molar-refractivity contribution in [2.75, 3.05) is 19.7 Å². The Labute approximate surface area is 91.0 Å². The summed E-state index contributed by atoms with van der Waals surface area (Å²) in [6.45, 7) is 5.95. The number of carboxylic acid groups (broad SMARTS) is 1. The summed E-state index contributed by atoms with van der Waals surface area (Å²) in [4.78, 5) is 10.8. The monoisotopic (exact) mass is 215 g/mol. The van der Waals surface area contributed by atoms with Gasteiger partial charge in [0, 0.05) is 13.2 Å². The number of aliphatic carboxylic acids is 1. The van der Waals surface area contributed by atoms with Crippen LogP contribution in [0.5, 0.6) is 0 Å². The zero-order chi connectivity index (χ0) is 11.3. The van der Waals surface area contributed by atoms with Crippen molar-refractivity contribution < 1.29 is 14.6 Å². The number of hydrogen-bond donors (Lipinski definition) is 2. The zero-order valence-electron chi connectivity index (χ0n) is 9.58. The van der Waals surface area contributed by atoms with Crippen molar-refractivity contribution in [3.05, 3.63) is 0 Å². The molecule has 15 heavy (non-hydrogen) atoms. The van der Waals surface area contributed by atoms with Crippen LogP contribution in [0.3, 0.4) is 0 Å². The fraction of sp³-hybridized carbons (Fsp3) is 0.909. The molecule has 1 rings (SSSR count). The van der Waals surface area contributed by atoms with E-state index in [4.69, 9.17) is 9.84 Å². The molecule has 0 aliphatic carbocycles. The van der Waals surface area contributed by atoms with Crippen LogP contribution >= 0.6 is 0 Å². The number of ether oxygens (including phenoxy) is 1. The lowest BCUT2D eigenvalue weighted by molar-refractivity contribution is -0.147. The minimum absolute atomic E-state index is 0.331. The van der Waals surface area contributed by atoms with Gasteiger partial charge >= 0.3 is 5.97 Å². The van der Waals surface area contributed by atoms with E-state index in [0.717, 1.165) is 32.5 Å². The Morgan fingerprint density at radius 2 is 2.33 bits per heavy atom. The van der Waals surface area contributed by atoms with Gasteiger partial charge in [-0.15, -0.1) is 0 Å². The average Bonchev–Trinajstić information content (AvgIpc) is 2.64. The molecule has 0 spiro atoms. The van der Waals surface area contributed by atoms with E-state index >= 15 is 0 Å². The minimum atomic E-state index is -0.735.